The van der Waals surface area contributed by atoms with Crippen LogP contribution in [0.1, 0.15) is 15.9 Å². The van der Waals surface area contributed by atoms with Crippen LogP contribution in [0.15, 0.2) is 22.7 Å². The van der Waals surface area contributed by atoms with Gasteiger partial charge in [0.2, 0.25) is 0 Å². The molecule has 0 aliphatic heterocycles. The highest BCUT2D eigenvalue weighted by molar-refractivity contribution is 9.10. The zero-order valence-electron chi connectivity index (χ0n) is 8.21. The van der Waals surface area contributed by atoms with E-state index >= 15 is 0 Å². The summed E-state index contributed by atoms with van der Waals surface area (Å²) in [5.74, 6) is 1.95. The average molecular weight is 268 g/mol. The van der Waals surface area contributed by atoms with E-state index < -0.39 is 0 Å². The molecule has 0 spiro atoms. The molecule has 1 aromatic rings. The summed E-state index contributed by atoms with van der Waals surface area (Å²) < 4.78 is 0.882. The fraction of sp³-hybridized carbons (Fsp3) is 0.182. The van der Waals surface area contributed by atoms with Gasteiger partial charge in [-0.25, -0.2) is 5.48 Å². The smallest absolute Gasteiger partial charge is 0.267 e. The largest absolute Gasteiger partial charge is 0.275 e. The molecule has 0 fully saturated rings. The summed E-state index contributed by atoms with van der Waals surface area (Å²) in [7, 11) is 0. The summed E-state index contributed by atoms with van der Waals surface area (Å²) in [6.07, 6.45) is 4.97. The van der Waals surface area contributed by atoms with E-state index in [-0.39, 0.29) is 12.5 Å². The molecule has 1 amide bonds. The van der Waals surface area contributed by atoms with Crippen molar-refractivity contribution in [2.45, 2.75) is 6.92 Å². The first-order chi connectivity index (χ1) is 7.16. The van der Waals surface area contributed by atoms with Gasteiger partial charge in [-0.1, -0.05) is 27.9 Å². The van der Waals surface area contributed by atoms with Crippen LogP contribution in [-0.4, -0.2) is 12.5 Å². The van der Waals surface area contributed by atoms with Crippen LogP contribution in [0.3, 0.4) is 0 Å². The van der Waals surface area contributed by atoms with Gasteiger partial charge < -0.3 is 0 Å². The van der Waals surface area contributed by atoms with Crippen molar-refractivity contribution in [1.29, 1.82) is 0 Å². The van der Waals surface area contributed by atoms with E-state index in [1.54, 1.807) is 12.1 Å². The van der Waals surface area contributed by atoms with Crippen LogP contribution in [0.2, 0.25) is 0 Å². The lowest BCUT2D eigenvalue weighted by atomic mass is 10.1. The third-order valence-corrected chi connectivity index (χ3v) is 2.69. The number of halogens is 1. The molecule has 0 heterocycles. The predicted octanol–water partition coefficient (Wildman–Crippen LogP) is 2.05. The molecule has 1 N–H and O–H groups in total. The lowest BCUT2D eigenvalue weighted by Gasteiger charge is -2.07. The van der Waals surface area contributed by atoms with E-state index in [2.05, 4.69) is 27.3 Å². The lowest BCUT2D eigenvalue weighted by Crippen LogP contribution is -2.24. The average Bonchev–Trinajstić information content (AvgIpc) is 2.22. The molecule has 0 saturated heterocycles. The van der Waals surface area contributed by atoms with E-state index in [0.717, 1.165) is 10.0 Å². The summed E-state index contributed by atoms with van der Waals surface area (Å²) in [5.41, 5.74) is 3.68. The minimum absolute atomic E-state index is 0.0544. The van der Waals surface area contributed by atoms with Crippen molar-refractivity contribution in [2.75, 3.05) is 6.61 Å². The summed E-state index contributed by atoms with van der Waals surface area (Å²) >= 11 is 3.34. The molecule has 1 aromatic carbocycles. The summed E-state index contributed by atoms with van der Waals surface area (Å²) in [4.78, 5) is 16.3. The number of rotatable bonds is 3. The van der Waals surface area contributed by atoms with E-state index in [1.165, 1.54) is 0 Å². The molecule has 0 radical (unpaired) electrons. The maximum Gasteiger partial charge on any atom is 0.275 e. The number of amides is 1. The van der Waals surface area contributed by atoms with Gasteiger partial charge in [-0.05, 0) is 24.6 Å². The normalized spacial score (nSPS) is 9.40. The summed E-state index contributed by atoms with van der Waals surface area (Å²) in [6.45, 7) is 1.90. The topological polar surface area (TPSA) is 38.3 Å². The third kappa shape index (κ3) is 3.08. The second-order valence-electron chi connectivity index (χ2n) is 2.84. The molecule has 78 valence electrons. The van der Waals surface area contributed by atoms with Gasteiger partial charge in [0.25, 0.3) is 5.91 Å². The standard InChI is InChI=1S/C11H10BrNO2/c1-3-7-15-13-11(14)9-5-4-6-10(12)8(9)2/h1,4-6H,7H2,2H3,(H,13,14). The minimum Gasteiger partial charge on any atom is -0.267 e. The number of nitrogens with one attached hydrogen (secondary N) is 1. The van der Waals surface area contributed by atoms with Crippen LogP contribution in [0.5, 0.6) is 0 Å². The Hall–Kier alpha value is -1.31. The first-order valence-electron chi connectivity index (χ1n) is 4.27. The van der Waals surface area contributed by atoms with Crippen molar-refractivity contribution >= 4 is 21.8 Å². The molecule has 0 bridgehead atoms. The highest BCUT2D eigenvalue weighted by Gasteiger charge is 2.09. The summed E-state index contributed by atoms with van der Waals surface area (Å²) in [6, 6.07) is 5.37. The monoisotopic (exact) mass is 267 g/mol. The van der Waals surface area contributed by atoms with Gasteiger partial charge in [0.15, 0.2) is 0 Å². The Morgan fingerprint density at radius 2 is 2.40 bits per heavy atom. The molecule has 1 rings (SSSR count). The fourth-order valence-corrected chi connectivity index (χ4v) is 1.42. The molecule has 0 aliphatic carbocycles. The van der Waals surface area contributed by atoms with Crippen molar-refractivity contribution < 1.29 is 9.63 Å². The van der Waals surface area contributed by atoms with Crippen LogP contribution in [0, 0.1) is 19.3 Å². The van der Waals surface area contributed by atoms with Crippen molar-refractivity contribution in [1.82, 2.24) is 5.48 Å². The number of terminal acetylenes is 1. The molecule has 15 heavy (non-hydrogen) atoms. The maximum absolute atomic E-state index is 11.6. The summed E-state index contributed by atoms with van der Waals surface area (Å²) in [5, 5.41) is 0. The predicted molar refractivity (Wildman–Crippen MR) is 61.1 cm³/mol. The molecule has 3 nitrogen and oxygen atoms in total. The first-order valence-corrected chi connectivity index (χ1v) is 5.07. The lowest BCUT2D eigenvalue weighted by molar-refractivity contribution is 0.0437. The Morgan fingerprint density at radius 1 is 1.67 bits per heavy atom. The van der Waals surface area contributed by atoms with E-state index in [0.29, 0.717) is 5.56 Å². The van der Waals surface area contributed by atoms with Crippen LogP contribution in [-0.2, 0) is 4.84 Å². The number of benzene rings is 1. The molecular weight excluding hydrogens is 258 g/mol. The van der Waals surface area contributed by atoms with Gasteiger partial charge in [0.1, 0.15) is 6.61 Å². The molecule has 0 unspecified atom stereocenters. The molecule has 4 heteroatoms. The number of carbonyl (C=O) groups excluding carboxylic acids is 1. The maximum atomic E-state index is 11.6. The van der Waals surface area contributed by atoms with Gasteiger partial charge in [-0.2, -0.15) is 0 Å². The Bertz CT molecular complexity index is 410. The van der Waals surface area contributed by atoms with E-state index in [4.69, 9.17) is 11.3 Å². The van der Waals surface area contributed by atoms with Crippen molar-refractivity contribution in [2.24, 2.45) is 0 Å². The quantitative estimate of drug-likeness (QED) is 0.517. The Balaban J connectivity index is 2.75. The van der Waals surface area contributed by atoms with Crippen molar-refractivity contribution in [3.05, 3.63) is 33.8 Å². The second kappa shape index (κ2) is 5.54. The SMILES string of the molecule is C#CCONC(=O)c1cccc(Br)c1C. The van der Waals surface area contributed by atoms with Crippen LogP contribution in [0.4, 0.5) is 0 Å². The van der Waals surface area contributed by atoms with Crippen molar-refractivity contribution in [3.8, 4) is 12.3 Å². The number of carbonyl (C=O) groups is 1. The van der Waals surface area contributed by atoms with Gasteiger partial charge in [-0.15, -0.1) is 6.42 Å². The highest BCUT2D eigenvalue weighted by atomic mass is 79.9. The molecule has 0 aliphatic rings. The number of hydrogen-bond acceptors (Lipinski definition) is 2. The number of hydroxylamine groups is 1. The zero-order chi connectivity index (χ0) is 11.3. The van der Waals surface area contributed by atoms with Gasteiger partial charge in [0.05, 0.1) is 0 Å². The Kier molecular flexibility index (Phi) is 4.35. The van der Waals surface area contributed by atoms with Gasteiger partial charge >= 0.3 is 0 Å². The van der Waals surface area contributed by atoms with Crippen molar-refractivity contribution in [3.63, 3.8) is 0 Å². The zero-order valence-corrected chi connectivity index (χ0v) is 9.80. The van der Waals surface area contributed by atoms with Gasteiger partial charge in [0, 0.05) is 10.0 Å². The Labute approximate surface area is 96.9 Å². The number of hydrogen-bond donors (Lipinski definition) is 1. The highest BCUT2D eigenvalue weighted by Crippen LogP contribution is 2.19. The van der Waals surface area contributed by atoms with E-state index in [1.807, 2.05) is 13.0 Å². The third-order valence-electron chi connectivity index (χ3n) is 1.83. The second-order valence-corrected chi connectivity index (χ2v) is 3.69. The molecule has 0 saturated carbocycles. The Morgan fingerprint density at radius 3 is 3.07 bits per heavy atom. The van der Waals surface area contributed by atoms with Crippen LogP contribution >= 0.6 is 15.9 Å². The van der Waals surface area contributed by atoms with Crippen LogP contribution < -0.4 is 5.48 Å². The van der Waals surface area contributed by atoms with Gasteiger partial charge in [-0.3, -0.25) is 9.63 Å². The fourth-order valence-electron chi connectivity index (χ4n) is 1.05. The molecule has 0 aromatic heterocycles. The first kappa shape index (κ1) is 11.8. The van der Waals surface area contributed by atoms with Crippen LogP contribution in [0.25, 0.3) is 0 Å². The molecule has 0 atom stereocenters. The molecular formula is C11H10BrNO2. The van der Waals surface area contributed by atoms with E-state index in [9.17, 15) is 4.79 Å². The minimum atomic E-state index is -0.302.